The van der Waals surface area contributed by atoms with Crippen LogP contribution < -0.4 is 5.73 Å². The Hall–Kier alpha value is -0.900. The molecule has 1 aliphatic carbocycles. The Morgan fingerprint density at radius 1 is 1.67 bits per heavy atom. The van der Waals surface area contributed by atoms with Crippen LogP contribution in [0.5, 0.6) is 0 Å². The number of nitrogens with two attached hydrogens (primary N) is 1. The van der Waals surface area contributed by atoms with Gasteiger partial charge in [-0.2, -0.15) is 4.98 Å². The van der Waals surface area contributed by atoms with E-state index in [9.17, 15) is 0 Å². The lowest BCUT2D eigenvalue weighted by molar-refractivity contribution is 0.348. The molecule has 0 unspecified atom stereocenters. The molecule has 1 atom stereocenters. The van der Waals surface area contributed by atoms with Crippen LogP contribution in [-0.4, -0.2) is 10.1 Å². The molecule has 0 saturated heterocycles. The molecule has 2 N–H and O–H groups in total. The lowest BCUT2D eigenvalue weighted by Crippen LogP contribution is -2.08. The summed E-state index contributed by atoms with van der Waals surface area (Å²) < 4.78 is 5.03. The molecule has 66 valence electrons. The number of nitrogens with zero attached hydrogens (tertiary/aromatic N) is 2. The van der Waals surface area contributed by atoms with Gasteiger partial charge in [0, 0.05) is 5.92 Å². The summed E-state index contributed by atoms with van der Waals surface area (Å²) in [6.07, 6.45) is 3.23. The Morgan fingerprint density at radius 3 is 3.00 bits per heavy atom. The van der Waals surface area contributed by atoms with E-state index in [2.05, 4.69) is 10.1 Å². The molecular formula is C8H13N3O. The third-order valence-corrected chi connectivity index (χ3v) is 2.16. The highest BCUT2D eigenvalue weighted by molar-refractivity contribution is 5.04. The second-order valence-corrected chi connectivity index (χ2v) is 3.28. The zero-order chi connectivity index (χ0) is 8.55. The van der Waals surface area contributed by atoms with E-state index in [0.717, 1.165) is 12.2 Å². The first kappa shape index (κ1) is 7.73. The van der Waals surface area contributed by atoms with Gasteiger partial charge in [-0.15, -0.1) is 0 Å². The Morgan fingerprint density at radius 2 is 2.42 bits per heavy atom. The maximum atomic E-state index is 5.73. The first-order chi connectivity index (χ1) is 5.81. The molecule has 0 radical (unpaired) electrons. The van der Waals surface area contributed by atoms with Crippen LogP contribution >= 0.6 is 0 Å². The first-order valence-corrected chi connectivity index (χ1v) is 4.40. The minimum absolute atomic E-state index is 0.0926. The summed E-state index contributed by atoms with van der Waals surface area (Å²) in [4.78, 5) is 4.24. The molecule has 0 bridgehead atoms. The minimum Gasteiger partial charge on any atom is -0.338 e. The minimum atomic E-state index is -0.0926. The molecule has 1 aliphatic rings. The van der Waals surface area contributed by atoms with Crippen molar-refractivity contribution in [1.29, 1.82) is 0 Å². The van der Waals surface area contributed by atoms with Crippen molar-refractivity contribution in [2.24, 2.45) is 5.73 Å². The van der Waals surface area contributed by atoms with Gasteiger partial charge in [0.05, 0.1) is 6.04 Å². The molecule has 1 fully saturated rings. The molecule has 1 heterocycles. The van der Waals surface area contributed by atoms with Gasteiger partial charge < -0.3 is 10.3 Å². The van der Waals surface area contributed by atoms with E-state index < -0.39 is 0 Å². The van der Waals surface area contributed by atoms with Crippen LogP contribution in [0, 0.1) is 0 Å². The highest BCUT2D eigenvalue weighted by atomic mass is 16.5. The maximum absolute atomic E-state index is 5.73. The molecule has 2 rings (SSSR count). The Labute approximate surface area is 71.1 Å². The third-order valence-electron chi connectivity index (χ3n) is 2.16. The largest absolute Gasteiger partial charge is 0.338 e. The van der Waals surface area contributed by atoms with E-state index in [4.69, 9.17) is 10.3 Å². The first-order valence-electron chi connectivity index (χ1n) is 4.40. The van der Waals surface area contributed by atoms with E-state index >= 15 is 0 Å². The summed E-state index contributed by atoms with van der Waals surface area (Å²) in [5.74, 6) is 1.97. The zero-order valence-corrected chi connectivity index (χ0v) is 7.16. The second-order valence-electron chi connectivity index (χ2n) is 3.28. The second kappa shape index (κ2) is 2.86. The molecule has 0 amide bonds. The summed E-state index contributed by atoms with van der Waals surface area (Å²) >= 11 is 0. The van der Waals surface area contributed by atoms with Gasteiger partial charge in [-0.3, -0.25) is 0 Å². The Bertz CT molecular complexity index is 267. The summed E-state index contributed by atoms with van der Waals surface area (Å²) in [6, 6.07) is -0.0926. The fraction of sp³-hybridized carbons (Fsp3) is 0.750. The van der Waals surface area contributed by atoms with Crippen LogP contribution in [0.25, 0.3) is 0 Å². The smallest absolute Gasteiger partial charge is 0.243 e. The van der Waals surface area contributed by atoms with Gasteiger partial charge in [-0.05, 0) is 19.3 Å². The van der Waals surface area contributed by atoms with Crippen LogP contribution in [0.15, 0.2) is 4.52 Å². The maximum Gasteiger partial charge on any atom is 0.243 e. The molecule has 0 aromatic carbocycles. The molecular weight excluding hydrogens is 154 g/mol. The van der Waals surface area contributed by atoms with Crippen molar-refractivity contribution in [3.05, 3.63) is 11.7 Å². The van der Waals surface area contributed by atoms with Gasteiger partial charge in [-0.25, -0.2) is 0 Å². The summed E-state index contributed by atoms with van der Waals surface area (Å²) in [6.45, 7) is 2.01. The number of hydrogen-bond acceptors (Lipinski definition) is 4. The molecule has 1 aromatic rings. The summed E-state index contributed by atoms with van der Waals surface area (Å²) in [5.41, 5.74) is 5.73. The summed E-state index contributed by atoms with van der Waals surface area (Å²) in [5, 5.41) is 3.88. The van der Waals surface area contributed by atoms with Gasteiger partial charge in [0.15, 0.2) is 5.82 Å². The van der Waals surface area contributed by atoms with Gasteiger partial charge in [0.1, 0.15) is 0 Å². The van der Waals surface area contributed by atoms with Crippen LogP contribution in [0.1, 0.15) is 49.9 Å². The predicted octanol–water partition coefficient (Wildman–Crippen LogP) is 1.36. The SMILES string of the molecule is CC[C@@H](N)c1nc(C2CC2)no1. The highest BCUT2D eigenvalue weighted by Crippen LogP contribution is 2.38. The topological polar surface area (TPSA) is 64.9 Å². The molecule has 12 heavy (non-hydrogen) atoms. The van der Waals surface area contributed by atoms with Crippen LogP contribution in [-0.2, 0) is 0 Å². The molecule has 4 nitrogen and oxygen atoms in total. The summed E-state index contributed by atoms with van der Waals surface area (Å²) in [7, 11) is 0. The van der Waals surface area contributed by atoms with Crippen LogP contribution in [0.4, 0.5) is 0 Å². The van der Waals surface area contributed by atoms with E-state index in [-0.39, 0.29) is 6.04 Å². The standard InChI is InChI=1S/C8H13N3O/c1-2-6(9)8-10-7(11-12-8)5-3-4-5/h5-6H,2-4,9H2,1H3/t6-/m1/s1. The fourth-order valence-corrected chi connectivity index (χ4v) is 1.08. The molecule has 1 saturated carbocycles. The lowest BCUT2D eigenvalue weighted by Gasteiger charge is -1.98. The van der Waals surface area contributed by atoms with E-state index in [1.807, 2.05) is 6.92 Å². The number of rotatable bonds is 3. The monoisotopic (exact) mass is 167 g/mol. The zero-order valence-electron chi connectivity index (χ0n) is 7.16. The molecule has 0 aliphatic heterocycles. The van der Waals surface area contributed by atoms with Crippen molar-refractivity contribution in [3.63, 3.8) is 0 Å². The number of aromatic nitrogens is 2. The van der Waals surface area contributed by atoms with E-state index in [1.165, 1.54) is 12.8 Å². The Kier molecular flexibility index (Phi) is 1.84. The van der Waals surface area contributed by atoms with Gasteiger partial charge in [0.25, 0.3) is 0 Å². The van der Waals surface area contributed by atoms with Gasteiger partial charge in [-0.1, -0.05) is 12.1 Å². The van der Waals surface area contributed by atoms with Crippen molar-refractivity contribution >= 4 is 0 Å². The van der Waals surface area contributed by atoms with Crippen molar-refractivity contribution in [1.82, 2.24) is 10.1 Å². The molecule has 4 heteroatoms. The van der Waals surface area contributed by atoms with Crippen LogP contribution in [0.3, 0.4) is 0 Å². The van der Waals surface area contributed by atoms with Crippen molar-refractivity contribution < 1.29 is 4.52 Å². The highest BCUT2D eigenvalue weighted by Gasteiger charge is 2.29. The molecule has 0 spiro atoms. The van der Waals surface area contributed by atoms with E-state index in [0.29, 0.717) is 11.8 Å². The Balaban J connectivity index is 2.12. The van der Waals surface area contributed by atoms with E-state index in [1.54, 1.807) is 0 Å². The predicted molar refractivity (Wildman–Crippen MR) is 43.5 cm³/mol. The fourth-order valence-electron chi connectivity index (χ4n) is 1.08. The van der Waals surface area contributed by atoms with Crippen molar-refractivity contribution in [2.45, 2.75) is 38.1 Å². The quantitative estimate of drug-likeness (QED) is 0.738. The van der Waals surface area contributed by atoms with Gasteiger partial charge >= 0.3 is 0 Å². The normalized spacial score (nSPS) is 19.5. The van der Waals surface area contributed by atoms with Crippen LogP contribution in [0.2, 0.25) is 0 Å². The van der Waals surface area contributed by atoms with Crippen molar-refractivity contribution in [3.8, 4) is 0 Å². The average molecular weight is 167 g/mol. The molecule has 1 aromatic heterocycles. The third kappa shape index (κ3) is 1.34. The number of hydrogen-bond donors (Lipinski definition) is 1. The lowest BCUT2D eigenvalue weighted by atomic mass is 10.2. The average Bonchev–Trinajstić information content (AvgIpc) is 2.83. The van der Waals surface area contributed by atoms with Gasteiger partial charge in [0.2, 0.25) is 5.89 Å². The van der Waals surface area contributed by atoms with Crippen molar-refractivity contribution in [2.75, 3.05) is 0 Å².